The van der Waals surface area contributed by atoms with Crippen LogP contribution in [0.1, 0.15) is 31.7 Å². The van der Waals surface area contributed by atoms with E-state index in [2.05, 4.69) is 48.1 Å². The first-order chi connectivity index (χ1) is 8.49. The number of hydrogen-bond donors (Lipinski definition) is 2. The summed E-state index contributed by atoms with van der Waals surface area (Å²) in [6.45, 7) is 7.94. The van der Waals surface area contributed by atoms with Crippen LogP contribution < -0.4 is 5.32 Å². The number of aliphatic hydroxyl groups excluding tert-OH is 1. The molecular formula is C13H22BrNO2S. The molecule has 1 heterocycles. The quantitative estimate of drug-likeness (QED) is 0.766. The van der Waals surface area contributed by atoms with E-state index in [1.54, 1.807) is 11.3 Å². The molecule has 0 aliphatic rings. The van der Waals surface area contributed by atoms with Gasteiger partial charge in [0.05, 0.1) is 16.5 Å². The Hall–Kier alpha value is 0.0600. The Bertz CT molecular complexity index is 343. The minimum absolute atomic E-state index is 0.251. The molecule has 2 atom stereocenters. The zero-order valence-electron chi connectivity index (χ0n) is 11.1. The van der Waals surface area contributed by atoms with Gasteiger partial charge in [0.25, 0.3) is 0 Å². The molecule has 0 saturated carbocycles. The summed E-state index contributed by atoms with van der Waals surface area (Å²) in [5.74, 6) is 0.507. The second-order valence-corrected chi connectivity index (χ2v) is 7.35. The highest BCUT2D eigenvalue weighted by Crippen LogP contribution is 2.26. The van der Waals surface area contributed by atoms with Crippen molar-refractivity contribution in [3.05, 3.63) is 20.8 Å². The van der Waals surface area contributed by atoms with Crippen molar-refractivity contribution in [1.82, 2.24) is 5.32 Å². The predicted molar refractivity (Wildman–Crippen MR) is 80.1 cm³/mol. The van der Waals surface area contributed by atoms with Gasteiger partial charge in [-0.3, -0.25) is 0 Å². The van der Waals surface area contributed by atoms with E-state index >= 15 is 0 Å². The maximum Gasteiger partial charge on any atom is 0.0897 e. The average molecular weight is 336 g/mol. The van der Waals surface area contributed by atoms with Gasteiger partial charge in [-0.05, 0) is 40.9 Å². The Kier molecular flexibility index (Phi) is 7.41. The van der Waals surface area contributed by atoms with Crippen molar-refractivity contribution in [3.63, 3.8) is 0 Å². The van der Waals surface area contributed by atoms with Gasteiger partial charge in [0.2, 0.25) is 0 Å². The van der Waals surface area contributed by atoms with Gasteiger partial charge in [0.15, 0.2) is 0 Å². The first-order valence-corrected chi connectivity index (χ1v) is 7.84. The summed E-state index contributed by atoms with van der Waals surface area (Å²) in [6.07, 6.45) is -0.449. The maximum atomic E-state index is 9.77. The van der Waals surface area contributed by atoms with Crippen LogP contribution in [-0.4, -0.2) is 31.0 Å². The molecule has 0 radical (unpaired) electrons. The number of thiophene rings is 1. The van der Waals surface area contributed by atoms with Crippen LogP contribution in [0.15, 0.2) is 15.9 Å². The average Bonchev–Trinajstić information content (AvgIpc) is 2.72. The third-order valence-corrected chi connectivity index (χ3v) is 4.25. The van der Waals surface area contributed by atoms with Crippen LogP contribution in [0.3, 0.4) is 0 Å². The third-order valence-electron chi connectivity index (χ3n) is 2.44. The van der Waals surface area contributed by atoms with Crippen molar-refractivity contribution >= 4 is 27.3 Å². The molecule has 0 aromatic carbocycles. The fourth-order valence-electron chi connectivity index (χ4n) is 1.47. The highest BCUT2D eigenvalue weighted by atomic mass is 79.9. The van der Waals surface area contributed by atoms with E-state index < -0.39 is 6.10 Å². The minimum Gasteiger partial charge on any atom is -0.389 e. The number of halogens is 1. The first kappa shape index (κ1) is 16.1. The van der Waals surface area contributed by atoms with Gasteiger partial charge in [-0.15, -0.1) is 11.3 Å². The molecule has 0 fully saturated rings. The van der Waals surface area contributed by atoms with Gasteiger partial charge < -0.3 is 15.2 Å². The maximum absolute atomic E-state index is 9.77. The molecule has 0 saturated heterocycles. The van der Waals surface area contributed by atoms with Gasteiger partial charge in [0, 0.05) is 24.1 Å². The minimum atomic E-state index is -0.449. The standard InChI is InChI=1S/C13H22BrNO2S/c1-9(2)7-17-8-11(16)6-15-10(3)12-4-5-13(14)18-12/h4-5,9-11,15-16H,6-8H2,1-3H3. The molecule has 3 nitrogen and oxygen atoms in total. The van der Waals surface area contributed by atoms with Gasteiger partial charge in [-0.25, -0.2) is 0 Å². The Morgan fingerprint density at radius 2 is 2.06 bits per heavy atom. The van der Waals surface area contributed by atoms with Crippen molar-refractivity contribution in [2.45, 2.75) is 32.9 Å². The van der Waals surface area contributed by atoms with E-state index in [-0.39, 0.29) is 6.04 Å². The Balaban J connectivity index is 2.19. The largest absolute Gasteiger partial charge is 0.389 e. The van der Waals surface area contributed by atoms with Crippen LogP contribution in [0.4, 0.5) is 0 Å². The molecule has 1 rings (SSSR count). The van der Waals surface area contributed by atoms with Crippen LogP contribution >= 0.6 is 27.3 Å². The van der Waals surface area contributed by atoms with Crippen LogP contribution in [0, 0.1) is 5.92 Å². The predicted octanol–water partition coefficient (Wildman–Crippen LogP) is 3.19. The van der Waals surface area contributed by atoms with Crippen LogP contribution in [0.5, 0.6) is 0 Å². The summed E-state index contributed by atoms with van der Waals surface area (Å²) in [7, 11) is 0. The van der Waals surface area contributed by atoms with Gasteiger partial charge in [-0.2, -0.15) is 0 Å². The monoisotopic (exact) mass is 335 g/mol. The fourth-order valence-corrected chi connectivity index (χ4v) is 2.92. The van der Waals surface area contributed by atoms with Crippen molar-refractivity contribution in [2.24, 2.45) is 5.92 Å². The number of nitrogens with one attached hydrogen (secondary N) is 1. The molecule has 0 amide bonds. The van der Waals surface area contributed by atoms with Gasteiger partial charge >= 0.3 is 0 Å². The van der Waals surface area contributed by atoms with E-state index in [1.165, 1.54) is 4.88 Å². The first-order valence-electron chi connectivity index (χ1n) is 6.23. The lowest BCUT2D eigenvalue weighted by Crippen LogP contribution is -2.32. The van der Waals surface area contributed by atoms with E-state index in [1.807, 2.05) is 6.07 Å². The zero-order chi connectivity index (χ0) is 13.5. The molecule has 5 heteroatoms. The fraction of sp³-hybridized carbons (Fsp3) is 0.692. The molecule has 0 aliphatic carbocycles. The molecule has 1 aromatic heterocycles. The van der Waals surface area contributed by atoms with Crippen molar-refractivity contribution < 1.29 is 9.84 Å². The Morgan fingerprint density at radius 3 is 2.61 bits per heavy atom. The Labute approximate surface area is 122 Å². The number of aliphatic hydroxyl groups is 1. The molecule has 2 unspecified atom stereocenters. The molecule has 0 spiro atoms. The SMILES string of the molecule is CC(C)COCC(O)CNC(C)c1ccc(Br)s1. The van der Waals surface area contributed by atoms with E-state index in [9.17, 15) is 5.11 Å². The zero-order valence-corrected chi connectivity index (χ0v) is 13.6. The van der Waals surface area contributed by atoms with Crippen LogP contribution in [0.25, 0.3) is 0 Å². The van der Waals surface area contributed by atoms with E-state index in [0.717, 1.165) is 3.79 Å². The van der Waals surface area contributed by atoms with E-state index in [4.69, 9.17) is 4.74 Å². The van der Waals surface area contributed by atoms with Crippen molar-refractivity contribution in [1.29, 1.82) is 0 Å². The second-order valence-electron chi connectivity index (χ2n) is 4.86. The number of rotatable bonds is 8. The number of hydrogen-bond acceptors (Lipinski definition) is 4. The highest BCUT2D eigenvalue weighted by molar-refractivity contribution is 9.11. The summed E-state index contributed by atoms with van der Waals surface area (Å²) >= 11 is 5.16. The third kappa shape index (κ3) is 6.29. The molecule has 18 heavy (non-hydrogen) atoms. The molecule has 104 valence electrons. The summed E-state index contributed by atoms with van der Waals surface area (Å²) in [5, 5.41) is 13.1. The van der Waals surface area contributed by atoms with Gasteiger partial charge in [0.1, 0.15) is 0 Å². The van der Waals surface area contributed by atoms with E-state index in [0.29, 0.717) is 25.7 Å². The summed E-state index contributed by atoms with van der Waals surface area (Å²) < 4.78 is 6.54. The highest BCUT2D eigenvalue weighted by Gasteiger charge is 2.10. The Morgan fingerprint density at radius 1 is 1.33 bits per heavy atom. The lowest BCUT2D eigenvalue weighted by Gasteiger charge is -2.16. The lowest BCUT2D eigenvalue weighted by molar-refractivity contribution is 0.0252. The molecule has 1 aromatic rings. The van der Waals surface area contributed by atoms with Crippen LogP contribution in [0.2, 0.25) is 0 Å². The molecule has 2 N–H and O–H groups in total. The summed E-state index contributed by atoms with van der Waals surface area (Å²) in [4.78, 5) is 1.26. The van der Waals surface area contributed by atoms with Crippen molar-refractivity contribution in [3.8, 4) is 0 Å². The lowest BCUT2D eigenvalue weighted by atomic mass is 10.2. The molecule has 0 aliphatic heterocycles. The normalized spacial score (nSPS) is 15.0. The van der Waals surface area contributed by atoms with Crippen molar-refractivity contribution in [2.75, 3.05) is 19.8 Å². The summed E-state index contributed by atoms with van der Waals surface area (Å²) in [6, 6.07) is 4.38. The molecule has 0 bridgehead atoms. The summed E-state index contributed by atoms with van der Waals surface area (Å²) in [5.41, 5.74) is 0. The topological polar surface area (TPSA) is 41.5 Å². The molecular weight excluding hydrogens is 314 g/mol. The smallest absolute Gasteiger partial charge is 0.0897 e. The second kappa shape index (κ2) is 8.27. The van der Waals surface area contributed by atoms with Gasteiger partial charge in [-0.1, -0.05) is 13.8 Å². The van der Waals surface area contributed by atoms with Crippen LogP contribution in [-0.2, 0) is 4.74 Å². The number of ether oxygens (including phenoxy) is 1.